The van der Waals surface area contributed by atoms with Gasteiger partial charge in [-0.2, -0.15) is 0 Å². The van der Waals surface area contributed by atoms with Crippen LogP contribution in [0.15, 0.2) is 0 Å². The van der Waals surface area contributed by atoms with Gasteiger partial charge in [-0.05, 0) is 0 Å². The molecule has 4 atom stereocenters. The molecule has 0 amide bonds. The van der Waals surface area contributed by atoms with Crippen molar-refractivity contribution in [3.8, 4) is 0 Å². The van der Waals surface area contributed by atoms with Gasteiger partial charge in [0.1, 0.15) is 6.10 Å². The maximum absolute atomic E-state index is 11.8. The third kappa shape index (κ3) is 4.32. The van der Waals surface area contributed by atoms with E-state index in [4.69, 9.17) is 46.4 Å². The molecule has 0 fully saturated rings. The van der Waals surface area contributed by atoms with Crippen LogP contribution in [0.5, 0.6) is 0 Å². The molecule has 85 valence electrons. The molecule has 4 unspecified atom stereocenters. The Morgan fingerprint density at radius 3 is 1.43 bits per heavy atom. The van der Waals surface area contributed by atoms with Crippen LogP contribution in [0.1, 0.15) is 13.8 Å². The summed E-state index contributed by atoms with van der Waals surface area (Å²) in [5, 5.41) is 11.2. The molecule has 0 saturated heterocycles. The molecule has 1 radical (unpaired) electrons. The predicted octanol–water partition coefficient (Wildman–Crippen LogP) is 3.75. The first-order chi connectivity index (χ1) is 6.45. The summed E-state index contributed by atoms with van der Waals surface area (Å²) in [6.07, 6.45) is -0.822. The molecule has 0 aliphatic carbocycles. The summed E-state index contributed by atoms with van der Waals surface area (Å²) < 4.78 is 0. The van der Waals surface area contributed by atoms with Crippen molar-refractivity contribution < 1.29 is 5.11 Å². The monoisotopic (exact) mass is 279 g/mol. The minimum Gasteiger partial charge on any atom is -0.232 e. The second-order valence-electron chi connectivity index (χ2n) is 3.52. The largest absolute Gasteiger partial charge is 0.232 e. The van der Waals surface area contributed by atoms with Crippen LogP contribution in [0, 0.1) is 11.8 Å². The van der Waals surface area contributed by atoms with Crippen LogP contribution in [-0.2, 0) is 5.11 Å². The van der Waals surface area contributed by atoms with Gasteiger partial charge in [-0.3, -0.25) is 0 Å². The first-order valence-corrected chi connectivity index (χ1v) is 6.45. The van der Waals surface area contributed by atoms with Crippen LogP contribution in [0.3, 0.4) is 0 Å². The van der Waals surface area contributed by atoms with Crippen molar-refractivity contribution in [3.05, 3.63) is 0 Å². The minimum absolute atomic E-state index is 0.200. The third-order valence-corrected chi connectivity index (χ3v) is 4.56. The van der Waals surface area contributed by atoms with Crippen LogP contribution < -0.4 is 0 Å². The fraction of sp³-hybridized carbons (Fsp3) is 1.00. The first-order valence-electron chi connectivity index (χ1n) is 4.51. The summed E-state index contributed by atoms with van der Waals surface area (Å²) in [7, 11) is 0. The van der Waals surface area contributed by atoms with Crippen molar-refractivity contribution in [3.63, 3.8) is 0 Å². The van der Waals surface area contributed by atoms with Crippen molar-refractivity contribution in [1.29, 1.82) is 0 Å². The Morgan fingerprint density at radius 2 is 1.21 bits per heavy atom. The van der Waals surface area contributed by atoms with Gasteiger partial charge in [-0.25, -0.2) is 5.11 Å². The van der Waals surface area contributed by atoms with E-state index in [9.17, 15) is 5.11 Å². The molecule has 0 aliphatic heterocycles. The van der Waals surface area contributed by atoms with Gasteiger partial charge in [0, 0.05) is 23.6 Å². The molecule has 0 heterocycles. The number of rotatable bonds is 6. The van der Waals surface area contributed by atoms with Crippen LogP contribution in [0.2, 0.25) is 0 Å². The third-order valence-electron chi connectivity index (χ3n) is 2.47. The molecule has 0 N–H and O–H groups in total. The Kier molecular flexibility index (Phi) is 7.99. The molecular formula is C9H15Cl4O. The predicted molar refractivity (Wildman–Crippen MR) is 63.5 cm³/mol. The highest BCUT2D eigenvalue weighted by Gasteiger charge is 2.31. The van der Waals surface area contributed by atoms with Crippen molar-refractivity contribution in [2.45, 2.75) is 30.7 Å². The zero-order valence-electron chi connectivity index (χ0n) is 8.22. The van der Waals surface area contributed by atoms with Crippen LogP contribution in [-0.4, -0.2) is 28.6 Å². The van der Waals surface area contributed by atoms with E-state index in [1.54, 1.807) is 13.8 Å². The van der Waals surface area contributed by atoms with Crippen molar-refractivity contribution in [1.82, 2.24) is 0 Å². The zero-order valence-corrected chi connectivity index (χ0v) is 11.2. The van der Waals surface area contributed by atoms with Gasteiger partial charge in [0.15, 0.2) is 0 Å². The second kappa shape index (κ2) is 7.40. The molecule has 0 aromatic carbocycles. The summed E-state index contributed by atoms with van der Waals surface area (Å²) in [6, 6.07) is 0. The van der Waals surface area contributed by atoms with Gasteiger partial charge in [-0.1, -0.05) is 13.8 Å². The highest BCUT2D eigenvalue weighted by atomic mass is 35.5. The molecule has 14 heavy (non-hydrogen) atoms. The summed E-state index contributed by atoms with van der Waals surface area (Å²) in [5.41, 5.74) is 0. The second-order valence-corrected chi connectivity index (χ2v) is 5.26. The Balaban J connectivity index is 4.22. The van der Waals surface area contributed by atoms with Gasteiger partial charge in [-0.15, -0.1) is 46.4 Å². The van der Waals surface area contributed by atoms with E-state index in [1.165, 1.54) is 0 Å². The molecule has 0 aromatic rings. The van der Waals surface area contributed by atoms with Gasteiger partial charge in [0.25, 0.3) is 0 Å². The van der Waals surface area contributed by atoms with E-state index < -0.39 is 6.10 Å². The molecule has 0 bridgehead atoms. The quantitative estimate of drug-likeness (QED) is 0.661. The standard InChI is InChI=1S/C9H15Cl4O/c1-5(7(12)3-10)9(14)6(2)8(13)4-11/h5-9H,3-4H2,1-2H3. The Bertz CT molecular complexity index is 140. The maximum Gasteiger partial charge on any atom is 0.101 e. The van der Waals surface area contributed by atoms with Crippen LogP contribution >= 0.6 is 46.4 Å². The normalized spacial score (nSPS) is 22.5. The highest BCUT2D eigenvalue weighted by molar-refractivity contribution is 6.28. The average Bonchev–Trinajstić information content (AvgIpc) is 2.23. The summed E-state index contributed by atoms with van der Waals surface area (Å²) in [5.74, 6) is 0.159. The van der Waals surface area contributed by atoms with Crippen LogP contribution in [0.25, 0.3) is 0 Å². The summed E-state index contributed by atoms with van der Waals surface area (Å²) in [6.45, 7) is 3.60. The SMILES string of the molecule is CC(C(Cl)CCl)C([O])C(C)C(Cl)CCl. The van der Waals surface area contributed by atoms with Crippen molar-refractivity contribution in [2.75, 3.05) is 11.8 Å². The molecule has 0 rings (SSSR count). The molecule has 5 heteroatoms. The first kappa shape index (κ1) is 15.1. The topological polar surface area (TPSA) is 19.9 Å². The Hall–Kier alpha value is 1.12. The lowest BCUT2D eigenvalue weighted by Crippen LogP contribution is -2.36. The molecule has 0 aliphatic rings. The van der Waals surface area contributed by atoms with E-state index in [-0.39, 0.29) is 34.3 Å². The molecule has 0 spiro atoms. The molecular weight excluding hydrogens is 266 g/mol. The number of alkyl halides is 4. The summed E-state index contributed by atoms with van der Waals surface area (Å²) in [4.78, 5) is 0. The Labute approximate surface area is 106 Å². The van der Waals surface area contributed by atoms with Crippen LogP contribution in [0.4, 0.5) is 0 Å². The maximum atomic E-state index is 11.8. The number of hydrogen-bond acceptors (Lipinski definition) is 0. The van der Waals surface area contributed by atoms with E-state index in [2.05, 4.69) is 0 Å². The average molecular weight is 281 g/mol. The van der Waals surface area contributed by atoms with E-state index in [0.717, 1.165) is 0 Å². The van der Waals surface area contributed by atoms with Gasteiger partial charge in [0.05, 0.1) is 10.8 Å². The van der Waals surface area contributed by atoms with Crippen molar-refractivity contribution in [2.24, 2.45) is 11.8 Å². The minimum atomic E-state index is -0.822. The lowest BCUT2D eigenvalue weighted by molar-refractivity contribution is 0.00158. The van der Waals surface area contributed by atoms with E-state index in [0.29, 0.717) is 0 Å². The van der Waals surface area contributed by atoms with Gasteiger partial charge >= 0.3 is 0 Å². The molecule has 0 aromatic heterocycles. The smallest absolute Gasteiger partial charge is 0.101 e. The lowest BCUT2D eigenvalue weighted by Gasteiger charge is -2.27. The molecule has 1 nitrogen and oxygen atoms in total. The number of hydrogen-bond donors (Lipinski definition) is 0. The highest BCUT2D eigenvalue weighted by Crippen LogP contribution is 2.26. The fourth-order valence-electron chi connectivity index (χ4n) is 1.17. The van der Waals surface area contributed by atoms with Crippen molar-refractivity contribution >= 4 is 46.4 Å². The zero-order chi connectivity index (χ0) is 11.3. The van der Waals surface area contributed by atoms with E-state index >= 15 is 0 Å². The van der Waals surface area contributed by atoms with Gasteiger partial charge in [0.2, 0.25) is 0 Å². The van der Waals surface area contributed by atoms with E-state index in [1.807, 2.05) is 0 Å². The number of halogens is 4. The van der Waals surface area contributed by atoms with Gasteiger partial charge < -0.3 is 0 Å². The molecule has 0 saturated carbocycles. The summed E-state index contributed by atoms with van der Waals surface area (Å²) >= 11 is 22.9. The fourth-order valence-corrected chi connectivity index (χ4v) is 2.02. The lowest BCUT2D eigenvalue weighted by atomic mass is 9.89. The Morgan fingerprint density at radius 1 is 0.929 bits per heavy atom.